The molecular weight excluding hydrogens is 272 g/mol. The second-order valence-electron chi connectivity index (χ2n) is 4.45. The average molecular weight is 286 g/mol. The van der Waals surface area contributed by atoms with E-state index >= 15 is 0 Å². The largest absolute Gasteiger partial charge is 0.449 e. The molecule has 0 radical (unpaired) electrons. The Labute approximate surface area is 121 Å². The van der Waals surface area contributed by atoms with Crippen LogP contribution in [0.15, 0.2) is 36.5 Å². The first-order chi connectivity index (χ1) is 10.0. The van der Waals surface area contributed by atoms with E-state index in [4.69, 9.17) is 4.74 Å². The van der Waals surface area contributed by atoms with Crippen molar-refractivity contribution in [2.45, 2.75) is 20.3 Å². The van der Waals surface area contributed by atoms with Gasteiger partial charge in [0.25, 0.3) is 0 Å². The second kappa shape index (κ2) is 6.13. The first-order valence-electron chi connectivity index (χ1n) is 6.43. The number of aryl methyl sites for hydroxylation is 1. The molecular formula is C15H14N2O4. The van der Waals surface area contributed by atoms with E-state index in [-0.39, 0.29) is 17.2 Å². The lowest BCUT2D eigenvalue weighted by atomic mass is 10.1. The van der Waals surface area contributed by atoms with Crippen molar-refractivity contribution < 1.29 is 14.5 Å². The molecule has 2 rings (SSSR count). The molecule has 108 valence electrons. The Bertz CT molecular complexity index is 681. The molecule has 0 saturated heterocycles. The number of aromatic nitrogens is 1. The fourth-order valence-corrected chi connectivity index (χ4v) is 1.79. The topological polar surface area (TPSA) is 82.3 Å². The van der Waals surface area contributed by atoms with Crippen LogP contribution in [0.2, 0.25) is 0 Å². The minimum atomic E-state index is -0.480. The number of rotatable bonds is 5. The molecule has 0 saturated carbocycles. The maximum atomic E-state index is 11.1. The van der Waals surface area contributed by atoms with E-state index in [1.165, 1.54) is 25.3 Å². The highest BCUT2D eigenvalue weighted by Gasteiger charge is 2.16. The van der Waals surface area contributed by atoms with E-state index in [1.54, 1.807) is 18.2 Å². The van der Waals surface area contributed by atoms with Gasteiger partial charge in [-0.2, -0.15) is 0 Å². The van der Waals surface area contributed by atoms with Gasteiger partial charge in [-0.25, -0.2) is 4.98 Å². The van der Waals surface area contributed by atoms with Gasteiger partial charge in [0.15, 0.2) is 5.78 Å². The maximum absolute atomic E-state index is 11.1. The Morgan fingerprint density at radius 2 is 2.10 bits per heavy atom. The molecule has 2 aromatic rings. The maximum Gasteiger partial charge on any atom is 0.311 e. The second-order valence-corrected chi connectivity index (χ2v) is 4.45. The molecule has 6 nitrogen and oxygen atoms in total. The van der Waals surface area contributed by atoms with Gasteiger partial charge in [-0.15, -0.1) is 0 Å². The number of nitrogens with zero attached hydrogens (tertiary/aromatic N) is 2. The molecule has 0 spiro atoms. The number of hydrogen-bond donors (Lipinski definition) is 0. The number of carbonyl (C=O) groups is 1. The van der Waals surface area contributed by atoms with Gasteiger partial charge in [0.2, 0.25) is 5.75 Å². The minimum Gasteiger partial charge on any atom is -0.449 e. The molecule has 0 unspecified atom stereocenters. The van der Waals surface area contributed by atoms with Gasteiger partial charge in [-0.3, -0.25) is 14.9 Å². The molecule has 21 heavy (non-hydrogen) atoms. The van der Waals surface area contributed by atoms with E-state index in [0.29, 0.717) is 17.9 Å². The standard InChI is InChI=1S/C15H14N2O4/c1-3-11-4-7-15(14(8-11)17(19)20)21-12-5-6-13(10(2)18)16-9-12/h4-9H,3H2,1-2H3. The Balaban J connectivity index is 2.30. The fourth-order valence-electron chi connectivity index (χ4n) is 1.79. The van der Waals surface area contributed by atoms with Crippen LogP contribution in [0.1, 0.15) is 29.9 Å². The number of benzene rings is 1. The molecule has 0 aliphatic heterocycles. The lowest BCUT2D eigenvalue weighted by molar-refractivity contribution is -0.385. The van der Waals surface area contributed by atoms with E-state index in [2.05, 4.69) is 4.98 Å². The number of nitro benzene ring substituents is 1. The first-order valence-corrected chi connectivity index (χ1v) is 6.43. The van der Waals surface area contributed by atoms with Crippen LogP contribution in [0.5, 0.6) is 11.5 Å². The number of nitro groups is 1. The summed E-state index contributed by atoms with van der Waals surface area (Å²) in [7, 11) is 0. The van der Waals surface area contributed by atoms with Crippen molar-refractivity contribution in [3.05, 3.63) is 57.9 Å². The van der Waals surface area contributed by atoms with E-state index < -0.39 is 4.92 Å². The van der Waals surface area contributed by atoms with Crippen molar-refractivity contribution in [2.75, 3.05) is 0 Å². The summed E-state index contributed by atoms with van der Waals surface area (Å²) in [5, 5.41) is 11.1. The molecule has 0 amide bonds. The number of pyridine rings is 1. The van der Waals surface area contributed by atoms with Crippen molar-refractivity contribution >= 4 is 11.5 Å². The smallest absolute Gasteiger partial charge is 0.311 e. The van der Waals surface area contributed by atoms with Gasteiger partial charge in [-0.05, 0) is 30.2 Å². The summed E-state index contributed by atoms with van der Waals surface area (Å²) < 4.78 is 5.49. The highest BCUT2D eigenvalue weighted by molar-refractivity contribution is 5.92. The number of ether oxygens (including phenoxy) is 1. The Hall–Kier alpha value is -2.76. The minimum absolute atomic E-state index is 0.0926. The van der Waals surface area contributed by atoms with Crippen molar-refractivity contribution in [1.29, 1.82) is 0 Å². The number of carbonyl (C=O) groups excluding carboxylic acids is 1. The average Bonchev–Trinajstić information content (AvgIpc) is 2.48. The van der Waals surface area contributed by atoms with Crippen LogP contribution in [0.4, 0.5) is 5.69 Å². The molecule has 1 aromatic carbocycles. The zero-order valence-electron chi connectivity index (χ0n) is 11.7. The van der Waals surface area contributed by atoms with Crippen LogP contribution < -0.4 is 4.74 Å². The van der Waals surface area contributed by atoms with Crippen LogP contribution in [-0.4, -0.2) is 15.7 Å². The summed E-state index contributed by atoms with van der Waals surface area (Å²) in [5.74, 6) is 0.335. The molecule has 1 heterocycles. The third-order valence-electron chi connectivity index (χ3n) is 2.95. The Morgan fingerprint density at radius 1 is 1.33 bits per heavy atom. The highest BCUT2D eigenvalue weighted by atomic mass is 16.6. The van der Waals surface area contributed by atoms with Crippen molar-refractivity contribution in [3.63, 3.8) is 0 Å². The van der Waals surface area contributed by atoms with Crippen LogP contribution in [0, 0.1) is 10.1 Å². The van der Waals surface area contributed by atoms with Crippen LogP contribution in [0.3, 0.4) is 0 Å². The van der Waals surface area contributed by atoms with Gasteiger partial charge in [0.05, 0.1) is 11.1 Å². The zero-order chi connectivity index (χ0) is 15.4. The molecule has 0 bridgehead atoms. The molecule has 0 fully saturated rings. The lowest BCUT2D eigenvalue weighted by Crippen LogP contribution is -1.98. The van der Waals surface area contributed by atoms with Gasteiger partial charge in [-0.1, -0.05) is 13.0 Å². The summed E-state index contributed by atoms with van der Waals surface area (Å²) >= 11 is 0. The highest BCUT2D eigenvalue weighted by Crippen LogP contribution is 2.32. The summed E-state index contributed by atoms with van der Waals surface area (Å²) in [6, 6.07) is 7.91. The van der Waals surface area contributed by atoms with Crippen molar-refractivity contribution in [1.82, 2.24) is 4.98 Å². The molecule has 0 atom stereocenters. The number of Topliss-reactive ketones (excluding diaryl/α,β-unsaturated/α-hetero) is 1. The quantitative estimate of drug-likeness (QED) is 0.477. The Kier molecular flexibility index (Phi) is 4.27. The first kappa shape index (κ1) is 14.6. The van der Waals surface area contributed by atoms with Crippen LogP contribution >= 0.6 is 0 Å². The monoisotopic (exact) mass is 286 g/mol. The predicted molar refractivity (Wildman–Crippen MR) is 76.8 cm³/mol. The Morgan fingerprint density at radius 3 is 2.62 bits per heavy atom. The number of hydrogen-bond acceptors (Lipinski definition) is 5. The van der Waals surface area contributed by atoms with E-state index in [0.717, 1.165) is 5.56 Å². The van der Waals surface area contributed by atoms with Gasteiger partial charge < -0.3 is 4.74 Å². The number of ketones is 1. The molecule has 0 N–H and O–H groups in total. The van der Waals surface area contributed by atoms with Gasteiger partial charge in [0.1, 0.15) is 11.4 Å². The molecule has 0 aliphatic rings. The summed E-state index contributed by atoms with van der Waals surface area (Å²) in [4.78, 5) is 25.7. The van der Waals surface area contributed by atoms with Crippen molar-refractivity contribution in [3.8, 4) is 11.5 Å². The predicted octanol–water partition coefficient (Wildman–Crippen LogP) is 3.55. The van der Waals surface area contributed by atoms with Gasteiger partial charge in [0, 0.05) is 13.0 Å². The summed E-state index contributed by atoms with van der Waals surface area (Å²) in [5.41, 5.74) is 1.09. The summed E-state index contributed by atoms with van der Waals surface area (Å²) in [6.07, 6.45) is 2.07. The fraction of sp³-hybridized carbons (Fsp3) is 0.200. The van der Waals surface area contributed by atoms with Crippen molar-refractivity contribution in [2.24, 2.45) is 0 Å². The van der Waals surface area contributed by atoms with Gasteiger partial charge >= 0.3 is 5.69 Å². The normalized spacial score (nSPS) is 10.2. The third kappa shape index (κ3) is 3.42. The van der Waals surface area contributed by atoms with E-state index in [1.807, 2.05) is 6.92 Å². The zero-order valence-corrected chi connectivity index (χ0v) is 11.7. The lowest BCUT2D eigenvalue weighted by Gasteiger charge is -2.07. The van der Waals surface area contributed by atoms with E-state index in [9.17, 15) is 14.9 Å². The molecule has 0 aliphatic carbocycles. The summed E-state index contributed by atoms with van der Waals surface area (Å²) in [6.45, 7) is 3.33. The van der Waals surface area contributed by atoms with Crippen LogP contribution in [-0.2, 0) is 6.42 Å². The molecule has 6 heteroatoms. The third-order valence-corrected chi connectivity index (χ3v) is 2.95. The van der Waals surface area contributed by atoms with Crippen LogP contribution in [0.25, 0.3) is 0 Å². The SMILES string of the molecule is CCc1ccc(Oc2ccc(C(C)=O)nc2)c([N+](=O)[O-])c1. The molecule has 1 aromatic heterocycles.